The molecular weight excluding hydrogens is 220 g/mol. The fourth-order valence-electron chi connectivity index (χ4n) is 1.93. The summed E-state index contributed by atoms with van der Waals surface area (Å²) in [5.41, 5.74) is 0. The third-order valence-electron chi connectivity index (χ3n) is 3.10. The highest BCUT2D eigenvalue weighted by Crippen LogP contribution is 2.29. The Morgan fingerprint density at radius 3 is 2.06 bits per heavy atom. The molecule has 1 saturated carbocycles. The molecule has 2 N–H and O–H groups in total. The molecule has 1 rings (SSSR count). The van der Waals surface area contributed by atoms with E-state index < -0.39 is 12.1 Å². The molecule has 100 valence electrons. The summed E-state index contributed by atoms with van der Waals surface area (Å²) in [7, 11) is 0. The molecule has 0 bridgehead atoms. The van der Waals surface area contributed by atoms with Gasteiger partial charge in [-0.1, -0.05) is 20.8 Å². The standard InChI is InChI=1S/C10H18O.C3H6O3/c1-7(2)9-5-4-8(3)6-10(9)11;1-2(4)3(5)6/h7-9H,4-6H2,1-3H3;2,4H,1H3,(H,5,6). The molecule has 0 aromatic carbocycles. The van der Waals surface area contributed by atoms with E-state index in [1.54, 1.807) is 0 Å². The van der Waals surface area contributed by atoms with Crippen molar-refractivity contribution < 1.29 is 19.8 Å². The van der Waals surface area contributed by atoms with Gasteiger partial charge in [0, 0.05) is 12.3 Å². The van der Waals surface area contributed by atoms with E-state index in [1.807, 2.05) is 0 Å². The van der Waals surface area contributed by atoms with Gasteiger partial charge in [0.2, 0.25) is 0 Å². The van der Waals surface area contributed by atoms with Crippen LogP contribution in [0.25, 0.3) is 0 Å². The summed E-state index contributed by atoms with van der Waals surface area (Å²) in [5, 5.41) is 15.8. The topological polar surface area (TPSA) is 74.6 Å². The minimum Gasteiger partial charge on any atom is -0.479 e. The highest BCUT2D eigenvalue weighted by Gasteiger charge is 2.27. The monoisotopic (exact) mass is 244 g/mol. The quantitative estimate of drug-likeness (QED) is 0.780. The second kappa shape index (κ2) is 7.43. The molecule has 4 heteroatoms. The molecular formula is C13H24O4. The lowest BCUT2D eigenvalue weighted by atomic mass is 9.77. The molecule has 0 amide bonds. The molecule has 3 unspecified atom stereocenters. The van der Waals surface area contributed by atoms with Crippen molar-refractivity contribution in [2.24, 2.45) is 17.8 Å². The molecule has 0 radical (unpaired) electrons. The van der Waals surface area contributed by atoms with Gasteiger partial charge in [-0.3, -0.25) is 4.79 Å². The van der Waals surface area contributed by atoms with Gasteiger partial charge < -0.3 is 10.2 Å². The predicted octanol–water partition coefficient (Wildman–Crippen LogP) is 2.10. The maximum Gasteiger partial charge on any atom is 0.332 e. The van der Waals surface area contributed by atoms with Gasteiger partial charge in [0.15, 0.2) is 0 Å². The number of hydrogen-bond donors (Lipinski definition) is 2. The molecule has 0 aromatic rings. The van der Waals surface area contributed by atoms with Crippen LogP contribution in [-0.4, -0.2) is 28.1 Å². The highest BCUT2D eigenvalue weighted by molar-refractivity contribution is 5.82. The van der Waals surface area contributed by atoms with E-state index in [0.717, 1.165) is 12.8 Å². The Hall–Kier alpha value is -0.900. The first-order valence-electron chi connectivity index (χ1n) is 6.19. The number of rotatable bonds is 2. The van der Waals surface area contributed by atoms with E-state index in [1.165, 1.54) is 13.3 Å². The first-order chi connectivity index (χ1) is 7.75. The van der Waals surface area contributed by atoms with Gasteiger partial charge in [0.1, 0.15) is 11.9 Å². The van der Waals surface area contributed by atoms with Crippen molar-refractivity contribution in [1.82, 2.24) is 0 Å². The minimum absolute atomic E-state index is 0.367. The van der Waals surface area contributed by atoms with Crippen molar-refractivity contribution >= 4 is 11.8 Å². The number of aliphatic carboxylic acids is 1. The molecule has 1 fully saturated rings. The SMILES string of the molecule is CC(O)C(=O)O.CC1CCC(C(C)C)C(=O)C1. The molecule has 3 atom stereocenters. The van der Waals surface area contributed by atoms with Gasteiger partial charge in [-0.05, 0) is 31.6 Å². The molecule has 4 nitrogen and oxygen atoms in total. The van der Waals surface area contributed by atoms with Gasteiger partial charge in [-0.2, -0.15) is 0 Å². The fraction of sp³-hybridized carbons (Fsp3) is 0.846. The van der Waals surface area contributed by atoms with Crippen molar-refractivity contribution in [3.8, 4) is 0 Å². The van der Waals surface area contributed by atoms with Gasteiger partial charge in [0.05, 0.1) is 0 Å². The summed E-state index contributed by atoms with van der Waals surface area (Å²) in [6.07, 6.45) is 1.96. The maximum absolute atomic E-state index is 11.4. The third-order valence-corrected chi connectivity index (χ3v) is 3.10. The summed E-state index contributed by atoms with van der Waals surface area (Å²) in [6, 6.07) is 0. The Morgan fingerprint density at radius 1 is 1.29 bits per heavy atom. The number of hydrogen-bond acceptors (Lipinski definition) is 3. The number of carboxylic acids is 1. The van der Waals surface area contributed by atoms with Crippen molar-refractivity contribution in [3.05, 3.63) is 0 Å². The van der Waals surface area contributed by atoms with Crippen LogP contribution in [0, 0.1) is 17.8 Å². The first kappa shape index (κ1) is 16.1. The number of Topliss-reactive ketones (excluding diaryl/α,β-unsaturated/α-hetero) is 1. The zero-order chi connectivity index (χ0) is 13.6. The lowest BCUT2D eigenvalue weighted by Crippen LogP contribution is -2.27. The lowest BCUT2D eigenvalue weighted by molar-refractivity contribution is -0.145. The fourth-order valence-corrected chi connectivity index (χ4v) is 1.93. The Kier molecular flexibility index (Phi) is 7.04. The van der Waals surface area contributed by atoms with E-state index >= 15 is 0 Å². The van der Waals surface area contributed by atoms with E-state index in [2.05, 4.69) is 20.8 Å². The van der Waals surface area contributed by atoms with Gasteiger partial charge in [-0.25, -0.2) is 4.79 Å². The Morgan fingerprint density at radius 2 is 1.76 bits per heavy atom. The van der Waals surface area contributed by atoms with E-state index in [-0.39, 0.29) is 0 Å². The van der Waals surface area contributed by atoms with Crippen LogP contribution in [0.15, 0.2) is 0 Å². The van der Waals surface area contributed by atoms with Crippen LogP contribution in [-0.2, 0) is 9.59 Å². The largest absolute Gasteiger partial charge is 0.479 e. The summed E-state index contributed by atoms with van der Waals surface area (Å²) in [4.78, 5) is 20.9. The van der Waals surface area contributed by atoms with Crippen molar-refractivity contribution in [3.63, 3.8) is 0 Å². The Balaban J connectivity index is 0.000000366. The summed E-state index contributed by atoms with van der Waals surface area (Å²) in [6.45, 7) is 7.67. The first-order valence-corrected chi connectivity index (χ1v) is 6.19. The van der Waals surface area contributed by atoms with Crippen LogP contribution in [0.1, 0.15) is 47.0 Å². The average molecular weight is 244 g/mol. The third kappa shape index (κ3) is 6.41. The van der Waals surface area contributed by atoms with Gasteiger partial charge >= 0.3 is 5.97 Å². The maximum atomic E-state index is 11.4. The lowest BCUT2D eigenvalue weighted by Gasteiger charge is -2.27. The Labute approximate surface area is 103 Å². The number of aliphatic hydroxyl groups is 1. The molecule has 0 spiro atoms. The molecule has 0 aromatic heterocycles. The van der Waals surface area contributed by atoms with Crippen LogP contribution < -0.4 is 0 Å². The van der Waals surface area contributed by atoms with Gasteiger partial charge in [-0.15, -0.1) is 0 Å². The summed E-state index contributed by atoms with van der Waals surface area (Å²) in [5.74, 6) is 0.868. The smallest absolute Gasteiger partial charge is 0.332 e. The van der Waals surface area contributed by atoms with Gasteiger partial charge in [0.25, 0.3) is 0 Å². The molecule has 0 aliphatic heterocycles. The van der Waals surface area contributed by atoms with Crippen LogP contribution in [0.3, 0.4) is 0 Å². The zero-order valence-electron chi connectivity index (χ0n) is 11.1. The average Bonchev–Trinajstić information content (AvgIpc) is 2.17. The number of carboxylic acid groups (broad SMARTS) is 1. The number of carbonyl (C=O) groups excluding carboxylic acids is 1. The minimum atomic E-state index is -1.23. The van der Waals surface area contributed by atoms with E-state index in [4.69, 9.17) is 10.2 Å². The second-order valence-corrected chi connectivity index (χ2v) is 5.22. The van der Waals surface area contributed by atoms with Crippen molar-refractivity contribution in [2.45, 2.75) is 53.1 Å². The summed E-state index contributed by atoms with van der Waals surface area (Å²) < 4.78 is 0. The molecule has 1 aliphatic rings. The van der Waals surface area contributed by atoms with Crippen LogP contribution in [0.5, 0.6) is 0 Å². The number of aliphatic hydroxyl groups excluding tert-OH is 1. The Bertz CT molecular complexity index is 258. The van der Waals surface area contributed by atoms with Crippen LogP contribution in [0.4, 0.5) is 0 Å². The van der Waals surface area contributed by atoms with E-state index in [0.29, 0.717) is 23.5 Å². The van der Waals surface area contributed by atoms with Crippen molar-refractivity contribution in [2.75, 3.05) is 0 Å². The molecule has 0 saturated heterocycles. The van der Waals surface area contributed by atoms with Crippen LogP contribution >= 0.6 is 0 Å². The zero-order valence-corrected chi connectivity index (χ0v) is 11.1. The predicted molar refractivity (Wildman–Crippen MR) is 65.7 cm³/mol. The highest BCUT2D eigenvalue weighted by atomic mass is 16.4. The molecule has 0 heterocycles. The molecule has 17 heavy (non-hydrogen) atoms. The number of carbonyl (C=O) groups is 2. The second-order valence-electron chi connectivity index (χ2n) is 5.22. The van der Waals surface area contributed by atoms with Crippen LogP contribution in [0.2, 0.25) is 0 Å². The van der Waals surface area contributed by atoms with E-state index in [9.17, 15) is 9.59 Å². The van der Waals surface area contributed by atoms with Crippen molar-refractivity contribution in [1.29, 1.82) is 0 Å². The summed E-state index contributed by atoms with van der Waals surface area (Å²) >= 11 is 0. The molecule has 1 aliphatic carbocycles. The number of ketones is 1. The normalized spacial score (nSPS) is 26.1.